The average molecular weight is 364 g/mol. The monoisotopic (exact) mass is 364 g/mol. The van der Waals surface area contributed by atoms with E-state index in [9.17, 15) is 9.18 Å². The third-order valence-electron chi connectivity index (χ3n) is 4.30. The van der Waals surface area contributed by atoms with Gasteiger partial charge in [0.2, 0.25) is 0 Å². The van der Waals surface area contributed by atoms with Crippen LogP contribution in [-0.2, 0) is 16.7 Å². The number of rotatable bonds is 4. The molecule has 3 rings (SSSR count). The van der Waals surface area contributed by atoms with E-state index in [0.717, 1.165) is 0 Å². The largest absolute Gasteiger partial charge is 0.431 e. The molecule has 1 aliphatic rings. The second kappa shape index (κ2) is 7.00. The zero-order valence-electron chi connectivity index (χ0n) is 14.7. The normalized spacial score (nSPS) is 19.0. The number of nitrogens with two attached hydrogens (primary N) is 1. The van der Waals surface area contributed by atoms with Crippen LogP contribution in [0.5, 0.6) is 0 Å². The van der Waals surface area contributed by atoms with E-state index in [2.05, 4.69) is 16.6 Å². The van der Waals surface area contributed by atoms with Crippen molar-refractivity contribution in [3.63, 3.8) is 0 Å². The van der Waals surface area contributed by atoms with E-state index in [4.69, 9.17) is 15.7 Å². The molecule has 1 aromatic carbocycles. The zero-order chi connectivity index (χ0) is 19.6. The zero-order valence-corrected chi connectivity index (χ0v) is 14.7. The minimum Gasteiger partial charge on any atom is -0.431 e. The quantitative estimate of drug-likeness (QED) is 0.841. The Morgan fingerprint density at radius 1 is 1.44 bits per heavy atom. The fraction of sp³-hybridized carbons (Fsp3) is 0.200. The highest BCUT2D eigenvalue weighted by molar-refractivity contribution is 5.95. The van der Waals surface area contributed by atoms with Crippen molar-refractivity contribution < 1.29 is 13.9 Å². The summed E-state index contributed by atoms with van der Waals surface area (Å²) in [5, 5.41) is 8.80. The summed E-state index contributed by atoms with van der Waals surface area (Å²) in [4.78, 5) is 20.7. The Kier molecular flexibility index (Phi) is 4.74. The molecule has 2 aromatic rings. The van der Waals surface area contributed by atoms with Gasteiger partial charge in [-0.1, -0.05) is 12.6 Å². The Morgan fingerprint density at radius 3 is 2.85 bits per heavy atom. The molecule has 1 aliphatic heterocycles. The summed E-state index contributed by atoms with van der Waals surface area (Å²) in [6.45, 7) is 5.48. The molecule has 27 heavy (non-hydrogen) atoms. The summed E-state index contributed by atoms with van der Waals surface area (Å²) in [6, 6.07) is 9.36. The van der Waals surface area contributed by atoms with Crippen molar-refractivity contribution in [1.29, 1.82) is 5.26 Å². The van der Waals surface area contributed by atoms with E-state index in [1.54, 1.807) is 19.1 Å². The number of hydrogen-bond donors (Lipinski definition) is 1. The van der Waals surface area contributed by atoms with Crippen LogP contribution in [0.4, 0.5) is 4.39 Å². The maximum atomic E-state index is 14.5. The number of halogens is 1. The fourth-order valence-electron chi connectivity index (χ4n) is 3.02. The molecule has 0 bridgehead atoms. The molecule has 0 fully saturated rings. The molecule has 2 heterocycles. The van der Waals surface area contributed by atoms with Crippen LogP contribution < -0.4 is 5.73 Å². The van der Waals surface area contributed by atoms with E-state index in [-0.39, 0.29) is 30.3 Å². The maximum absolute atomic E-state index is 14.5. The van der Waals surface area contributed by atoms with Crippen LogP contribution in [0.25, 0.3) is 0 Å². The number of nitrogens with zero attached hydrogens (tertiary/aromatic N) is 3. The van der Waals surface area contributed by atoms with Crippen LogP contribution in [0.3, 0.4) is 0 Å². The second-order valence-electron chi connectivity index (χ2n) is 6.50. The van der Waals surface area contributed by atoms with Crippen molar-refractivity contribution in [2.24, 2.45) is 10.7 Å². The van der Waals surface area contributed by atoms with E-state index in [1.807, 2.05) is 6.07 Å². The van der Waals surface area contributed by atoms with Gasteiger partial charge in [0.05, 0.1) is 11.1 Å². The smallest absolute Gasteiger partial charge is 0.288 e. The molecule has 0 radical (unpaired) electrons. The molecular weight excluding hydrogens is 347 g/mol. The first-order chi connectivity index (χ1) is 12.8. The number of carbonyl (C=O) groups is 1. The van der Waals surface area contributed by atoms with Crippen LogP contribution in [0.15, 0.2) is 53.9 Å². The molecule has 0 unspecified atom stereocenters. The predicted molar refractivity (Wildman–Crippen MR) is 97.2 cm³/mol. The Labute approximate surface area is 155 Å². The first kappa shape index (κ1) is 18.3. The number of hydrogen-bond acceptors (Lipinski definition) is 6. The molecule has 6 nitrogen and oxygen atoms in total. The molecule has 7 heteroatoms. The van der Waals surface area contributed by atoms with E-state index in [1.165, 1.54) is 24.4 Å². The third-order valence-corrected chi connectivity index (χ3v) is 4.30. The lowest BCUT2D eigenvalue weighted by molar-refractivity contribution is 0.0988. The van der Waals surface area contributed by atoms with Gasteiger partial charge in [-0.3, -0.25) is 9.78 Å². The number of aromatic nitrogens is 1. The van der Waals surface area contributed by atoms with E-state index >= 15 is 0 Å². The van der Waals surface area contributed by atoms with Gasteiger partial charge in [-0.15, -0.1) is 0 Å². The van der Waals surface area contributed by atoms with Crippen molar-refractivity contribution in [1.82, 2.24) is 4.98 Å². The number of nitriles is 1. The van der Waals surface area contributed by atoms with Crippen molar-refractivity contribution in [2.75, 3.05) is 0 Å². The molecule has 2 N–H and O–H groups in total. The predicted octanol–water partition coefficient (Wildman–Crippen LogP) is 2.98. The summed E-state index contributed by atoms with van der Waals surface area (Å²) >= 11 is 0. The molecule has 0 spiro atoms. The molecular formula is C20H17FN4O2. The first-order valence-corrected chi connectivity index (χ1v) is 8.20. The molecule has 0 aliphatic carbocycles. The number of pyridine rings is 1. The second-order valence-corrected chi connectivity index (χ2v) is 6.50. The Balaban J connectivity index is 1.89. The number of ketones is 1. The minimum atomic E-state index is -0.963. The summed E-state index contributed by atoms with van der Waals surface area (Å²) in [5.74, 6) is -0.286. The van der Waals surface area contributed by atoms with Crippen molar-refractivity contribution in [3.8, 4) is 6.07 Å². The molecule has 0 saturated carbocycles. The molecule has 1 atom stereocenters. The Hall–Kier alpha value is -3.53. The van der Waals surface area contributed by atoms with E-state index in [0.29, 0.717) is 22.4 Å². The topological polar surface area (TPSA) is 101 Å². The standard InChI is InChI=1S/C20H17FN4O2/c1-12-9-20(2,25-19(23)27-12)15-7-13(3-5-16(15)21)8-18(26)17-6-4-14(10-22)11-24-17/h3-7,11H,1,8-9H2,2H3,(H2,23,25)/t20-/m0/s1. The summed E-state index contributed by atoms with van der Waals surface area (Å²) in [6.07, 6.45) is 1.66. The highest BCUT2D eigenvalue weighted by Gasteiger charge is 2.34. The fourth-order valence-corrected chi connectivity index (χ4v) is 3.02. The summed E-state index contributed by atoms with van der Waals surface area (Å²) in [7, 11) is 0. The molecule has 136 valence electrons. The van der Waals surface area contributed by atoms with Gasteiger partial charge in [-0.2, -0.15) is 5.26 Å². The van der Waals surface area contributed by atoms with E-state index < -0.39 is 11.4 Å². The first-order valence-electron chi connectivity index (χ1n) is 8.20. The van der Waals surface area contributed by atoms with Gasteiger partial charge in [0.25, 0.3) is 6.02 Å². The van der Waals surface area contributed by atoms with Crippen molar-refractivity contribution in [3.05, 3.63) is 77.1 Å². The van der Waals surface area contributed by atoms with Gasteiger partial charge >= 0.3 is 0 Å². The van der Waals surface area contributed by atoms with Gasteiger partial charge in [0.15, 0.2) is 5.78 Å². The number of carbonyl (C=O) groups excluding carboxylic acids is 1. The van der Waals surface area contributed by atoms with Crippen molar-refractivity contribution in [2.45, 2.75) is 25.3 Å². The number of aliphatic imine (C=N–C) groups is 1. The SMILES string of the molecule is C=C1C[C@@](C)(c2cc(CC(=O)c3ccc(C#N)cn3)ccc2F)N=C(N)O1. The third kappa shape index (κ3) is 3.85. The number of Topliss-reactive ketones (excluding diaryl/α,β-unsaturated/α-hetero) is 1. The van der Waals surface area contributed by atoms with Crippen LogP contribution in [0.2, 0.25) is 0 Å². The van der Waals surface area contributed by atoms with Gasteiger partial charge < -0.3 is 10.5 Å². The van der Waals surface area contributed by atoms with Crippen molar-refractivity contribution >= 4 is 11.8 Å². The lowest BCUT2D eigenvalue weighted by Crippen LogP contribution is -2.33. The van der Waals surface area contributed by atoms with Gasteiger partial charge in [-0.25, -0.2) is 9.38 Å². The Bertz CT molecular complexity index is 992. The van der Waals surface area contributed by atoms with Crippen LogP contribution in [-0.4, -0.2) is 16.8 Å². The van der Waals surface area contributed by atoms with Gasteiger partial charge in [0.1, 0.15) is 23.3 Å². The molecule has 0 amide bonds. The Morgan fingerprint density at radius 2 is 2.22 bits per heavy atom. The number of benzene rings is 1. The van der Waals surface area contributed by atoms with Crippen LogP contribution >= 0.6 is 0 Å². The molecule has 0 saturated heterocycles. The summed E-state index contributed by atoms with van der Waals surface area (Å²) in [5.41, 5.74) is 6.25. The van der Waals surface area contributed by atoms with Crippen LogP contribution in [0, 0.1) is 17.1 Å². The summed E-state index contributed by atoms with van der Waals surface area (Å²) < 4.78 is 19.6. The maximum Gasteiger partial charge on any atom is 0.288 e. The average Bonchev–Trinajstić information content (AvgIpc) is 2.62. The lowest BCUT2D eigenvalue weighted by atomic mass is 9.86. The van der Waals surface area contributed by atoms with Gasteiger partial charge in [0, 0.05) is 24.6 Å². The van der Waals surface area contributed by atoms with Crippen LogP contribution in [0.1, 0.15) is 40.5 Å². The number of ether oxygens (including phenoxy) is 1. The van der Waals surface area contributed by atoms with Gasteiger partial charge in [-0.05, 0) is 36.8 Å². The highest BCUT2D eigenvalue weighted by Crippen LogP contribution is 2.37. The lowest BCUT2D eigenvalue weighted by Gasteiger charge is -2.31. The highest BCUT2D eigenvalue weighted by atomic mass is 19.1. The number of amidine groups is 1. The minimum absolute atomic E-state index is 0.0406. The molecule has 1 aromatic heterocycles.